The lowest BCUT2D eigenvalue weighted by atomic mass is 10.1. The van der Waals surface area contributed by atoms with Crippen LogP contribution in [-0.4, -0.2) is 23.2 Å². The van der Waals surface area contributed by atoms with E-state index < -0.39 is 41.2 Å². The van der Waals surface area contributed by atoms with E-state index in [9.17, 15) is 35.9 Å². The Labute approximate surface area is 144 Å². The number of carbonyl (C=O) groups is 2. The summed E-state index contributed by atoms with van der Waals surface area (Å²) in [6, 6.07) is 2.62. The summed E-state index contributed by atoms with van der Waals surface area (Å²) in [5.74, 6) is -4.80. The van der Waals surface area contributed by atoms with Crippen molar-refractivity contribution in [3.8, 4) is 11.5 Å². The number of rotatable bonds is 4. The van der Waals surface area contributed by atoms with Gasteiger partial charge in [0.15, 0.2) is 16.4 Å². The summed E-state index contributed by atoms with van der Waals surface area (Å²) in [4.78, 5) is 21.8. The number of nitrogens with one attached hydrogen (secondary N) is 1. The number of ether oxygens (including phenoxy) is 1. The first kappa shape index (κ1) is 19.6. The molecule has 1 amide bonds. The number of amides is 1. The number of thiophene rings is 1. The molecule has 5 nitrogen and oxygen atoms in total. The van der Waals surface area contributed by atoms with Gasteiger partial charge in [-0.2, -0.15) is 26.3 Å². The molecule has 26 heavy (non-hydrogen) atoms. The Kier molecular flexibility index (Phi) is 5.16. The third kappa shape index (κ3) is 4.45. The smallest absolute Gasteiger partial charge is 0.471 e. The Morgan fingerprint density at radius 1 is 1.04 bits per heavy atom. The highest BCUT2D eigenvalue weighted by atomic mass is 32.1. The van der Waals surface area contributed by atoms with E-state index in [1.807, 2.05) is 0 Å². The lowest BCUT2D eigenvalue weighted by Gasteiger charge is -2.15. The Balaban J connectivity index is 2.45. The molecule has 0 atom stereocenters. The second kappa shape index (κ2) is 6.86. The van der Waals surface area contributed by atoms with Gasteiger partial charge < -0.3 is 15.2 Å². The van der Waals surface area contributed by atoms with Gasteiger partial charge in [-0.25, -0.2) is 4.79 Å². The Morgan fingerprint density at radius 2 is 1.69 bits per heavy atom. The van der Waals surface area contributed by atoms with Gasteiger partial charge in [0, 0.05) is 0 Å². The number of halogens is 6. The number of aromatic carboxylic acids is 1. The van der Waals surface area contributed by atoms with E-state index in [2.05, 4.69) is 0 Å². The molecule has 1 heterocycles. The van der Waals surface area contributed by atoms with Crippen LogP contribution in [0.3, 0.4) is 0 Å². The molecule has 0 fully saturated rings. The van der Waals surface area contributed by atoms with Crippen molar-refractivity contribution in [2.45, 2.75) is 12.4 Å². The maximum absolute atomic E-state index is 12.8. The van der Waals surface area contributed by atoms with E-state index >= 15 is 0 Å². The van der Waals surface area contributed by atoms with Crippen molar-refractivity contribution in [3.05, 3.63) is 40.1 Å². The van der Waals surface area contributed by atoms with Gasteiger partial charge in [-0.1, -0.05) is 0 Å². The Hall–Kier alpha value is -2.76. The topological polar surface area (TPSA) is 75.6 Å². The fourth-order valence-electron chi connectivity index (χ4n) is 1.74. The number of carboxylic acid groups (broad SMARTS) is 1. The van der Waals surface area contributed by atoms with E-state index in [-0.39, 0.29) is 16.7 Å². The fourth-order valence-corrected chi connectivity index (χ4v) is 2.39. The minimum absolute atomic E-state index is 0.256. The van der Waals surface area contributed by atoms with E-state index in [4.69, 9.17) is 9.84 Å². The predicted molar refractivity (Wildman–Crippen MR) is 77.5 cm³/mol. The van der Waals surface area contributed by atoms with Crippen LogP contribution in [0.2, 0.25) is 0 Å². The zero-order chi connectivity index (χ0) is 19.7. The van der Waals surface area contributed by atoms with Crippen LogP contribution in [0.15, 0.2) is 29.6 Å². The van der Waals surface area contributed by atoms with Gasteiger partial charge in [0.25, 0.3) is 0 Å². The van der Waals surface area contributed by atoms with Crippen molar-refractivity contribution in [1.82, 2.24) is 0 Å². The molecule has 2 rings (SSSR count). The second-order valence-electron chi connectivity index (χ2n) is 4.68. The van der Waals surface area contributed by atoms with Gasteiger partial charge in [-0.3, -0.25) is 4.79 Å². The molecular formula is C14H7F6NO4S. The highest BCUT2D eigenvalue weighted by molar-refractivity contribution is 7.12. The van der Waals surface area contributed by atoms with Crippen molar-refractivity contribution < 1.29 is 45.8 Å². The molecule has 12 heteroatoms. The summed E-state index contributed by atoms with van der Waals surface area (Å²) in [5.41, 5.74) is -2.24. The molecule has 1 aromatic heterocycles. The van der Waals surface area contributed by atoms with Crippen LogP contribution in [0, 0.1) is 0 Å². The normalized spacial score (nSPS) is 11.9. The molecule has 0 spiro atoms. The Bertz CT molecular complexity index is 843. The fraction of sp³-hybridized carbons (Fsp3) is 0.143. The minimum atomic E-state index is -5.35. The van der Waals surface area contributed by atoms with Crippen LogP contribution < -0.4 is 10.1 Å². The molecule has 0 saturated carbocycles. The minimum Gasteiger partial charge on any atom is -0.477 e. The number of alkyl halides is 6. The molecule has 1 aromatic carbocycles. The van der Waals surface area contributed by atoms with E-state index in [0.717, 1.165) is 11.3 Å². The largest absolute Gasteiger partial charge is 0.477 e. The molecule has 2 aromatic rings. The monoisotopic (exact) mass is 399 g/mol. The summed E-state index contributed by atoms with van der Waals surface area (Å²) in [6.45, 7) is 0. The van der Waals surface area contributed by atoms with Crippen molar-refractivity contribution in [3.63, 3.8) is 0 Å². The molecule has 0 aliphatic carbocycles. The summed E-state index contributed by atoms with van der Waals surface area (Å²) in [6.07, 6.45) is -10.2. The van der Waals surface area contributed by atoms with Gasteiger partial charge >= 0.3 is 24.2 Å². The highest BCUT2D eigenvalue weighted by Gasteiger charge is 2.40. The SMILES string of the molecule is O=C(O)c1sccc1Oc1ccc(C(F)(F)F)cc1NC(=O)C(F)(F)F. The molecule has 2 N–H and O–H groups in total. The summed E-state index contributed by atoms with van der Waals surface area (Å²) in [5, 5.41) is 11.6. The summed E-state index contributed by atoms with van der Waals surface area (Å²) >= 11 is 0.736. The molecule has 0 saturated heterocycles. The van der Waals surface area contributed by atoms with Gasteiger partial charge in [0.05, 0.1) is 11.3 Å². The zero-order valence-corrected chi connectivity index (χ0v) is 13.1. The van der Waals surface area contributed by atoms with Crippen molar-refractivity contribution >= 4 is 28.9 Å². The van der Waals surface area contributed by atoms with Crippen LogP contribution in [0.5, 0.6) is 11.5 Å². The third-order valence-corrected chi connectivity index (χ3v) is 3.74. The molecular weight excluding hydrogens is 392 g/mol. The average molecular weight is 399 g/mol. The van der Waals surface area contributed by atoms with Gasteiger partial charge in [-0.15, -0.1) is 11.3 Å². The van der Waals surface area contributed by atoms with E-state index in [1.54, 1.807) is 0 Å². The standard InChI is InChI=1S/C14H7F6NO4S/c15-13(16,17)6-1-2-8(7(5-6)21-12(24)14(18,19)20)25-9-3-4-26-10(9)11(22)23/h1-5H,(H,21,24)(H,22,23). The van der Waals surface area contributed by atoms with Crippen LogP contribution in [-0.2, 0) is 11.0 Å². The van der Waals surface area contributed by atoms with Gasteiger partial charge in [-0.05, 0) is 29.6 Å². The summed E-state index contributed by atoms with van der Waals surface area (Å²) in [7, 11) is 0. The molecule has 0 radical (unpaired) electrons. The number of carboxylic acids is 1. The van der Waals surface area contributed by atoms with Crippen molar-refractivity contribution in [2.24, 2.45) is 0 Å². The quantitative estimate of drug-likeness (QED) is 0.727. The summed E-state index contributed by atoms with van der Waals surface area (Å²) < 4.78 is 80.6. The highest BCUT2D eigenvalue weighted by Crippen LogP contribution is 2.39. The molecule has 0 unspecified atom stereocenters. The lowest BCUT2D eigenvalue weighted by molar-refractivity contribution is -0.167. The first-order chi connectivity index (χ1) is 11.9. The number of anilines is 1. The van der Waals surface area contributed by atoms with Crippen LogP contribution >= 0.6 is 11.3 Å². The predicted octanol–water partition coefficient (Wildman–Crippen LogP) is 4.76. The maximum atomic E-state index is 12.8. The number of hydrogen-bond donors (Lipinski definition) is 2. The maximum Gasteiger partial charge on any atom is 0.471 e. The second-order valence-corrected chi connectivity index (χ2v) is 5.60. The van der Waals surface area contributed by atoms with Crippen molar-refractivity contribution in [2.75, 3.05) is 5.32 Å². The number of benzene rings is 1. The van der Waals surface area contributed by atoms with Crippen LogP contribution in [0.25, 0.3) is 0 Å². The van der Waals surface area contributed by atoms with Gasteiger partial charge in [0.1, 0.15) is 0 Å². The zero-order valence-electron chi connectivity index (χ0n) is 12.2. The molecule has 0 aliphatic rings. The van der Waals surface area contributed by atoms with Crippen LogP contribution in [0.4, 0.5) is 32.0 Å². The molecule has 0 bridgehead atoms. The molecule has 0 aliphatic heterocycles. The first-order valence-electron chi connectivity index (χ1n) is 6.47. The third-order valence-electron chi connectivity index (χ3n) is 2.86. The average Bonchev–Trinajstić information content (AvgIpc) is 2.95. The van der Waals surface area contributed by atoms with Crippen molar-refractivity contribution in [1.29, 1.82) is 0 Å². The van der Waals surface area contributed by atoms with Gasteiger partial charge in [0.2, 0.25) is 0 Å². The molecule has 140 valence electrons. The first-order valence-corrected chi connectivity index (χ1v) is 7.35. The van der Waals surface area contributed by atoms with Crippen LogP contribution in [0.1, 0.15) is 15.2 Å². The lowest BCUT2D eigenvalue weighted by Crippen LogP contribution is -2.30. The number of carbonyl (C=O) groups excluding carboxylic acids is 1. The van der Waals surface area contributed by atoms with E-state index in [0.29, 0.717) is 12.1 Å². The Morgan fingerprint density at radius 3 is 2.23 bits per heavy atom. The number of hydrogen-bond acceptors (Lipinski definition) is 4. The van der Waals surface area contributed by atoms with E-state index in [1.165, 1.54) is 16.8 Å².